The fraction of sp³-hybridized carbons (Fsp3) is 0.357. The van der Waals surface area contributed by atoms with Gasteiger partial charge >= 0.3 is 0 Å². The molecule has 1 saturated heterocycles. The fourth-order valence-corrected chi connectivity index (χ4v) is 1.78. The molecule has 1 aromatic carbocycles. The highest BCUT2D eigenvalue weighted by atomic mass is 16.7. The van der Waals surface area contributed by atoms with E-state index >= 15 is 0 Å². The summed E-state index contributed by atoms with van der Waals surface area (Å²) in [4.78, 5) is 17.1. The lowest BCUT2D eigenvalue weighted by atomic mass is 9.97. The van der Waals surface area contributed by atoms with Crippen molar-refractivity contribution in [3.8, 4) is 0 Å². The number of β-lactam (4-membered cyclic amide) rings is 1. The number of carbonyl (C=O) groups excluding carboxylic acids is 1. The zero-order chi connectivity index (χ0) is 12.1. The topological polar surface area (TPSA) is 29.5 Å². The lowest BCUT2D eigenvalue weighted by Crippen LogP contribution is -2.51. The zero-order valence-electron chi connectivity index (χ0n) is 10.0. The summed E-state index contributed by atoms with van der Waals surface area (Å²) in [6.45, 7) is 3.13. The van der Waals surface area contributed by atoms with Gasteiger partial charge in [0.1, 0.15) is 6.61 Å². The molecule has 1 heterocycles. The Balaban J connectivity index is 1.74. The molecule has 0 bridgehead atoms. The average molecular weight is 231 g/mol. The average Bonchev–Trinajstić information content (AvgIpc) is 2.38. The monoisotopic (exact) mass is 231 g/mol. The molecule has 1 aromatic rings. The Morgan fingerprint density at radius 3 is 2.82 bits per heavy atom. The molecule has 3 nitrogen and oxygen atoms in total. The molecule has 1 amide bonds. The standard InChI is InChI=1S/C14H17NO2/c1-2-3-9-13-10-15(14(13)16)17-11-12-7-5-4-6-8-12/h2-8,13H,9-11H2,1H3/b3-2+/t13-/m1/s1. The summed E-state index contributed by atoms with van der Waals surface area (Å²) in [5.41, 5.74) is 1.08. The molecule has 17 heavy (non-hydrogen) atoms. The van der Waals surface area contributed by atoms with Crippen LogP contribution in [0.3, 0.4) is 0 Å². The first-order chi connectivity index (χ1) is 8.31. The zero-order valence-corrected chi connectivity index (χ0v) is 10.0. The van der Waals surface area contributed by atoms with Crippen LogP contribution < -0.4 is 0 Å². The highest BCUT2D eigenvalue weighted by Crippen LogP contribution is 2.22. The maximum Gasteiger partial charge on any atom is 0.251 e. The van der Waals surface area contributed by atoms with Crippen molar-refractivity contribution in [1.82, 2.24) is 5.06 Å². The van der Waals surface area contributed by atoms with Crippen molar-refractivity contribution in [2.75, 3.05) is 6.54 Å². The summed E-state index contributed by atoms with van der Waals surface area (Å²) in [7, 11) is 0. The Bertz CT molecular complexity index is 400. The van der Waals surface area contributed by atoms with Gasteiger partial charge in [-0.3, -0.25) is 9.63 Å². The van der Waals surface area contributed by atoms with Gasteiger partial charge in [-0.1, -0.05) is 42.5 Å². The molecule has 0 saturated carbocycles. The van der Waals surface area contributed by atoms with Crippen LogP contribution in [0.25, 0.3) is 0 Å². The summed E-state index contributed by atoms with van der Waals surface area (Å²) in [5, 5.41) is 1.46. The number of allylic oxidation sites excluding steroid dienone is 2. The Morgan fingerprint density at radius 2 is 2.18 bits per heavy atom. The lowest BCUT2D eigenvalue weighted by Gasteiger charge is -2.36. The molecular weight excluding hydrogens is 214 g/mol. The van der Waals surface area contributed by atoms with Gasteiger partial charge in [0.15, 0.2) is 0 Å². The summed E-state index contributed by atoms with van der Waals surface area (Å²) in [6, 6.07) is 9.87. The summed E-state index contributed by atoms with van der Waals surface area (Å²) in [5.74, 6) is 0.209. The van der Waals surface area contributed by atoms with E-state index in [0.717, 1.165) is 12.0 Å². The van der Waals surface area contributed by atoms with Crippen LogP contribution in [0.4, 0.5) is 0 Å². The van der Waals surface area contributed by atoms with E-state index in [4.69, 9.17) is 4.84 Å². The third-order valence-electron chi connectivity index (χ3n) is 2.87. The summed E-state index contributed by atoms with van der Waals surface area (Å²) in [6.07, 6.45) is 4.82. The van der Waals surface area contributed by atoms with E-state index in [9.17, 15) is 4.79 Å². The SMILES string of the molecule is C/C=C/C[C@@H]1CN(OCc2ccccc2)C1=O. The molecule has 1 fully saturated rings. The van der Waals surface area contributed by atoms with Crippen molar-refractivity contribution in [2.24, 2.45) is 5.92 Å². The van der Waals surface area contributed by atoms with Gasteiger partial charge in [-0.2, -0.15) is 0 Å². The molecule has 2 rings (SSSR count). The predicted octanol–water partition coefficient (Wildman–Crippen LogP) is 2.54. The molecule has 90 valence electrons. The van der Waals surface area contributed by atoms with E-state index in [2.05, 4.69) is 0 Å². The molecule has 1 aliphatic rings. The number of hydroxylamine groups is 2. The third kappa shape index (κ3) is 2.94. The van der Waals surface area contributed by atoms with E-state index < -0.39 is 0 Å². The minimum absolute atomic E-state index is 0.0963. The second kappa shape index (κ2) is 5.64. The molecular formula is C14H17NO2. The van der Waals surface area contributed by atoms with E-state index in [-0.39, 0.29) is 11.8 Å². The first-order valence-corrected chi connectivity index (χ1v) is 5.90. The van der Waals surface area contributed by atoms with Crippen LogP contribution in [-0.4, -0.2) is 17.5 Å². The van der Waals surface area contributed by atoms with Crippen LogP contribution in [-0.2, 0) is 16.2 Å². The van der Waals surface area contributed by atoms with Crippen LogP contribution in [0.1, 0.15) is 18.9 Å². The maximum atomic E-state index is 11.7. The van der Waals surface area contributed by atoms with Gasteiger partial charge in [-0.05, 0) is 18.9 Å². The Kier molecular flexibility index (Phi) is 3.94. The second-order valence-corrected chi connectivity index (χ2v) is 4.16. The van der Waals surface area contributed by atoms with Crippen LogP contribution in [0.2, 0.25) is 0 Å². The van der Waals surface area contributed by atoms with Crippen molar-refractivity contribution in [3.05, 3.63) is 48.0 Å². The smallest absolute Gasteiger partial charge is 0.251 e. The number of hydrogen-bond donors (Lipinski definition) is 0. The van der Waals surface area contributed by atoms with Crippen LogP contribution in [0, 0.1) is 5.92 Å². The molecule has 3 heteroatoms. The van der Waals surface area contributed by atoms with Crippen molar-refractivity contribution in [1.29, 1.82) is 0 Å². The third-order valence-corrected chi connectivity index (χ3v) is 2.87. The Hall–Kier alpha value is -1.61. The number of nitrogens with zero attached hydrogens (tertiary/aromatic N) is 1. The Labute approximate surface area is 102 Å². The minimum Gasteiger partial charge on any atom is -0.272 e. The molecule has 0 N–H and O–H groups in total. The normalized spacial score (nSPS) is 19.7. The van der Waals surface area contributed by atoms with Crippen molar-refractivity contribution in [3.63, 3.8) is 0 Å². The van der Waals surface area contributed by atoms with Gasteiger partial charge in [0.2, 0.25) is 0 Å². The summed E-state index contributed by atoms with van der Waals surface area (Å²) < 4.78 is 0. The molecule has 0 unspecified atom stereocenters. The predicted molar refractivity (Wildman–Crippen MR) is 65.9 cm³/mol. The van der Waals surface area contributed by atoms with Crippen molar-refractivity contribution < 1.29 is 9.63 Å². The molecule has 1 atom stereocenters. The van der Waals surface area contributed by atoms with E-state index in [1.54, 1.807) is 0 Å². The Morgan fingerprint density at radius 1 is 1.41 bits per heavy atom. The fourth-order valence-electron chi connectivity index (χ4n) is 1.78. The number of carbonyl (C=O) groups is 1. The first kappa shape index (κ1) is 11.9. The second-order valence-electron chi connectivity index (χ2n) is 4.16. The summed E-state index contributed by atoms with van der Waals surface area (Å²) >= 11 is 0. The quantitative estimate of drug-likeness (QED) is 0.575. The molecule has 0 aromatic heterocycles. The number of amides is 1. The van der Waals surface area contributed by atoms with Gasteiger partial charge in [0.05, 0.1) is 12.5 Å². The van der Waals surface area contributed by atoms with Gasteiger partial charge < -0.3 is 0 Å². The highest BCUT2D eigenvalue weighted by molar-refractivity contribution is 5.83. The van der Waals surface area contributed by atoms with Crippen molar-refractivity contribution >= 4 is 5.91 Å². The highest BCUT2D eigenvalue weighted by Gasteiger charge is 2.36. The number of hydrogen-bond acceptors (Lipinski definition) is 2. The van der Waals surface area contributed by atoms with E-state index in [0.29, 0.717) is 13.2 Å². The molecule has 1 aliphatic heterocycles. The maximum absolute atomic E-state index is 11.7. The van der Waals surface area contributed by atoms with Gasteiger partial charge in [0.25, 0.3) is 5.91 Å². The molecule has 0 radical (unpaired) electrons. The molecule has 0 aliphatic carbocycles. The number of rotatable bonds is 5. The lowest BCUT2D eigenvalue weighted by molar-refractivity contribution is -0.225. The first-order valence-electron chi connectivity index (χ1n) is 5.90. The largest absolute Gasteiger partial charge is 0.272 e. The van der Waals surface area contributed by atoms with Gasteiger partial charge in [-0.15, -0.1) is 0 Å². The van der Waals surface area contributed by atoms with Crippen LogP contribution in [0.5, 0.6) is 0 Å². The van der Waals surface area contributed by atoms with Gasteiger partial charge in [-0.25, -0.2) is 5.06 Å². The molecule has 0 spiro atoms. The minimum atomic E-state index is 0.0963. The van der Waals surface area contributed by atoms with E-state index in [1.807, 2.05) is 49.4 Å². The van der Waals surface area contributed by atoms with E-state index in [1.165, 1.54) is 5.06 Å². The van der Waals surface area contributed by atoms with Crippen LogP contribution in [0.15, 0.2) is 42.5 Å². The van der Waals surface area contributed by atoms with Crippen LogP contribution >= 0.6 is 0 Å². The van der Waals surface area contributed by atoms with Gasteiger partial charge in [0, 0.05) is 0 Å². The van der Waals surface area contributed by atoms with Crippen molar-refractivity contribution in [2.45, 2.75) is 20.0 Å². The number of benzene rings is 1.